The summed E-state index contributed by atoms with van der Waals surface area (Å²) in [6, 6.07) is 6.19. The lowest BCUT2D eigenvalue weighted by Crippen LogP contribution is -2.26. The van der Waals surface area contributed by atoms with Crippen molar-refractivity contribution in [3.05, 3.63) is 35.5 Å². The minimum atomic E-state index is -2.95. The van der Waals surface area contributed by atoms with E-state index in [1.165, 1.54) is 16.9 Å². The lowest BCUT2D eigenvalue weighted by atomic mass is 9.95. The zero-order chi connectivity index (χ0) is 18.0. The molecule has 1 atom stereocenters. The average molecular weight is 365 g/mol. The van der Waals surface area contributed by atoms with Gasteiger partial charge < -0.3 is 14.5 Å². The molecule has 2 aliphatic heterocycles. The van der Waals surface area contributed by atoms with E-state index in [4.69, 9.17) is 4.74 Å². The largest absolute Gasteiger partial charge is 0.497 e. The van der Waals surface area contributed by atoms with E-state index >= 15 is 0 Å². The summed E-state index contributed by atoms with van der Waals surface area (Å²) in [5.74, 6) is 1.50. The number of ether oxygens (including phenoxy) is 1. The van der Waals surface area contributed by atoms with Crippen LogP contribution < -0.4 is 9.64 Å². The van der Waals surface area contributed by atoms with Crippen molar-refractivity contribution in [3.8, 4) is 5.75 Å². The van der Waals surface area contributed by atoms with Crippen LogP contribution in [0.3, 0.4) is 0 Å². The number of hydrogen-bond donors (Lipinski definition) is 0. The summed E-state index contributed by atoms with van der Waals surface area (Å²) in [5.41, 5.74) is 3.68. The fourth-order valence-corrected chi connectivity index (χ4v) is 5.08. The van der Waals surface area contributed by atoms with E-state index in [0.717, 1.165) is 25.3 Å². The molecular weight excluding hydrogens is 336 g/mol. The number of benzene rings is 1. The van der Waals surface area contributed by atoms with E-state index in [1.54, 1.807) is 7.11 Å². The maximum absolute atomic E-state index is 12.1. The van der Waals surface area contributed by atoms with Crippen molar-refractivity contribution < 1.29 is 13.2 Å². The number of nitrogens with zero attached hydrogens (tertiary/aromatic N) is 2. The van der Waals surface area contributed by atoms with Crippen LogP contribution in [-0.2, 0) is 9.84 Å². The molecule has 1 unspecified atom stereocenters. The van der Waals surface area contributed by atoms with E-state index < -0.39 is 9.84 Å². The van der Waals surface area contributed by atoms with E-state index in [1.807, 2.05) is 6.07 Å². The van der Waals surface area contributed by atoms with Crippen LogP contribution in [0, 0.1) is 0 Å². The predicted octanol–water partition coefficient (Wildman–Crippen LogP) is 2.64. The molecule has 0 N–H and O–H groups in total. The SMILES string of the molecule is COc1ccc2c(c1)C1CCS(=O)(=O)CCC=C1N2CCCN(C)C. The van der Waals surface area contributed by atoms with Crippen LogP contribution in [-0.4, -0.2) is 59.1 Å². The predicted molar refractivity (Wildman–Crippen MR) is 102 cm³/mol. The van der Waals surface area contributed by atoms with E-state index in [-0.39, 0.29) is 17.4 Å². The number of allylic oxidation sites excluding steroid dienone is 2. The molecule has 3 rings (SSSR count). The molecular formula is C19H28N2O3S. The van der Waals surface area contributed by atoms with Crippen LogP contribution in [0.25, 0.3) is 0 Å². The van der Waals surface area contributed by atoms with E-state index in [9.17, 15) is 8.42 Å². The third-order valence-corrected chi connectivity index (χ3v) is 6.77. The molecule has 0 spiro atoms. The Labute approximate surface area is 151 Å². The fraction of sp³-hybridized carbons (Fsp3) is 0.579. The Morgan fingerprint density at radius 1 is 1.28 bits per heavy atom. The molecule has 1 aromatic carbocycles. The van der Waals surface area contributed by atoms with E-state index in [2.05, 4.69) is 42.1 Å². The maximum atomic E-state index is 12.1. The monoisotopic (exact) mass is 364 g/mol. The number of hydrogen-bond acceptors (Lipinski definition) is 5. The van der Waals surface area contributed by atoms with Crippen molar-refractivity contribution >= 4 is 15.5 Å². The van der Waals surface area contributed by atoms with Gasteiger partial charge in [0.05, 0.1) is 18.6 Å². The minimum absolute atomic E-state index is 0.152. The van der Waals surface area contributed by atoms with Crippen molar-refractivity contribution in [2.24, 2.45) is 0 Å². The summed E-state index contributed by atoms with van der Waals surface area (Å²) in [5, 5.41) is 0. The molecule has 0 bridgehead atoms. The number of fused-ring (bicyclic) bond motifs is 3. The van der Waals surface area contributed by atoms with Gasteiger partial charge in [0.1, 0.15) is 5.75 Å². The normalized spacial score (nSPS) is 22.0. The summed E-state index contributed by atoms with van der Waals surface area (Å²) in [4.78, 5) is 4.59. The lowest BCUT2D eigenvalue weighted by Gasteiger charge is -2.25. The Bertz CT molecular complexity index is 756. The average Bonchev–Trinajstić information content (AvgIpc) is 2.83. The number of sulfone groups is 1. The molecule has 25 heavy (non-hydrogen) atoms. The zero-order valence-electron chi connectivity index (χ0n) is 15.4. The van der Waals surface area contributed by atoms with Gasteiger partial charge in [0, 0.05) is 23.8 Å². The third kappa shape index (κ3) is 4.01. The third-order valence-electron chi connectivity index (χ3n) is 5.06. The highest BCUT2D eigenvalue weighted by Gasteiger charge is 2.35. The number of rotatable bonds is 5. The first-order valence-electron chi connectivity index (χ1n) is 8.92. The van der Waals surface area contributed by atoms with Crippen molar-refractivity contribution in [2.45, 2.75) is 25.2 Å². The first kappa shape index (κ1) is 18.3. The Hall–Kier alpha value is -1.53. The summed E-state index contributed by atoms with van der Waals surface area (Å²) in [6.45, 7) is 1.99. The topological polar surface area (TPSA) is 49.9 Å². The van der Waals surface area contributed by atoms with E-state index in [0.29, 0.717) is 12.8 Å². The highest BCUT2D eigenvalue weighted by atomic mass is 32.2. The van der Waals surface area contributed by atoms with Crippen molar-refractivity contribution in [3.63, 3.8) is 0 Å². The first-order valence-corrected chi connectivity index (χ1v) is 10.7. The van der Waals surface area contributed by atoms with Gasteiger partial charge in [-0.25, -0.2) is 8.42 Å². The van der Waals surface area contributed by atoms with Crippen molar-refractivity contribution in [2.75, 3.05) is 50.7 Å². The highest BCUT2D eigenvalue weighted by molar-refractivity contribution is 7.91. The van der Waals surface area contributed by atoms with Gasteiger partial charge in [0.25, 0.3) is 0 Å². The zero-order valence-corrected chi connectivity index (χ0v) is 16.2. The maximum Gasteiger partial charge on any atom is 0.150 e. The molecule has 138 valence electrons. The van der Waals surface area contributed by atoms with Crippen molar-refractivity contribution in [1.82, 2.24) is 4.90 Å². The van der Waals surface area contributed by atoms with Gasteiger partial charge in [-0.15, -0.1) is 0 Å². The second kappa shape index (κ2) is 7.38. The van der Waals surface area contributed by atoms with Gasteiger partial charge >= 0.3 is 0 Å². The second-order valence-electron chi connectivity index (χ2n) is 7.14. The van der Waals surface area contributed by atoms with Crippen LogP contribution in [0.5, 0.6) is 5.75 Å². The number of methoxy groups -OCH3 is 1. The molecule has 6 heteroatoms. The van der Waals surface area contributed by atoms with Crippen LogP contribution >= 0.6 is 0 Å². The Balaban J connectivity index is 1.95. The minimum Gasteiger partial charge on any atom is -0.497 e. The summed E-state index contributed by atoms with van der Waals surface area (Å²) >= 11 is 0. The van der Waals surface area contributed by atoms with Gasteiger partial charge in [0.2, 0.25) is 0 Å². The molecule has 1 aromatic rings. The van der Waals surface area contributed by atoms with Gasteiger partial charge in [-0.3, -0.25) is 0 Å². The summed E-state index contributed by atoms with van der Waals surface area (Å²) < 4.78 is 29.6. The standard InChI is InChI=1S/C19H28N2O3S/c1-20(2)10-5-11-21-18-6-4-12-25(22,23)13-9-16(18)17-14-15(24-3)7-8-19(17)21/h6-8,14,16H,4-5,9-13H2,1-3H3. The van der Waals surface area contributed by atoms with Crippen molar-refractivity contribution in [1.29, 1.82) is 0 Å². The van der Waals surface area contributed by atoms with Crippen LogP contribution in [0.4, 0.5) is 5.69 Å². The smallest absolute Gasteiger partial charge is 0.150 e. The molecule has 2 heterocycles. The Kier molecular flexibility index (Phi) is 5.39. The number of anilines is 1. The molecule has 5 nitrogen and oxygen atoms in total. The second-order valence-corrected chi connectivity index (χ2v) is 9.45. The molecule has 0 radical (unpaired) electrons. The van der Waals surface area contributed by atoms with Gasteiger partial charge in [-0.05, 0) is 63.7 Å². The fourth-order valence-electron chi connectivity index (χ4n) is 3.81. The first-order chi connectivity index (χ1) is 11.9. The molecule has 0 fully saturated rings. The lowest BCUT2D eigenvalue weighted by molar-refractivity contribution is 0.402. The Morgan fingerprint density at radius 3 is 2.80 bits per heavy atom. The molecule has 0 amide bonds. The van der Waals surface area contributed by atoms with Crippen LogP contribution in [0.2, 0.25) is 0 Å². The van der Waals surface area contributed by atoms with Gasteiger partial charge in [-0.2, -0.15) is 0 Å². The summed E-state index contributed by atoms with van der Waals surface area (Å²) in [7, 11) is 2.90. The highest BCUT2D eigenvalue weighted by Crippen LogP contribution is 2.47. The van der Waals surface area contributed by atoms with Gasteiger partial charge in [-0.1, -0.05) is 6.08 Å². The molecule has 0 saturated heterocycles. The quantitative estimate of drug-likeness (QED) is 0.804. The Morgan fingerprint density at radius 2 is 2.08 bits per heavy atom. The summed E-state index contributed by atoms with van der Waals surface area (Å²) in [6.07, 6.45) is 4.46. The van der Waals surface area contributed by atoms with Crippen LogP contribution in [0.15, 0.2) is 30.0 Å². The molecule has 0 aliphatic carbocycles. The molecule has 0 aromatic heterocycles. The van der Waals surface area contributed by atoms with Crippen LogP contribution in [0.1, 0.15) is 30.7 Å². The molecule has 2 aliphatic rings. The van der Waals surface area contributed by atoms with Gasteiger partial charge in [0.15, 0.2) is 9.84 Å². The molecule has 0 saturated carbocycles.